The minimum absolute atomic E-state index is 0.0590. The summed E-state index contributed by atoms with van der Waals surface area (Å²) in [6.07, 6.45) is 0.206. The Morgan fingerprint density at radius 1 is 0.471 bits per heavy atom. The van der Waals surface area contributed by atoms with Crippen LogP contribution in [0.15, 0.2) is 30.5 Å². The van der Waals surface area contributed by atoms with E-state index in [-0.39, 0.29) is 62.7 Å². The molecule has 0 unspecified atom stereocenters. The molecule has 1 aromatic carbocycles. The van der Waals surface area contributed by atoms with Crippen LogP contribution in [-0.2, 0) is 54.4 Å². The Morgan fingerprint density at radius 3 is 1.31 bits per heavy atom. The van der Waals surface area contributed by atoms with Crippen molar-refractivity contribution in [1.82, 2.24) is 52.8 Å². The van der Waals surface area contributed by atoms with Crippen molar-refractivity contribution in [1.29, 1.82) is 0 Å². The van der Waals surface area contributed by atoms with Crippen LogP contribution >= 0.6 is 12.6 Å². The van der Waals surface area contributed by atoms with E-state index >= 15 is 0 Å². The first-order valence-electron chi connectivity index (χ1n) is 29.1. The molecular formula is C56H96N14O14S. The normalized spacial score (nSPS) is 16.1. The van der Waals surface area contributed by atoms with E-state index in [1.54, 1.807) is 26.1 Å². The van der Waals surface area contributed by atoms with Crippen LogP contribution in [-0.4, -0.2) is 189 Å². The molecule has 0 aliphatic carbocycles. The molecule has 2 rings (SSSR count). The minimum atomic E-state index is -1.80. The standard InChI is InChI=1S/C56H96N14O14S/c1-29(2)24-40(64-48(75)38(19-11-14-22-58)62-47(74)36(60)17-10-13-21-57)50(77)65-42(26-34-27-61-37-18-9-8-16-35(34)37)51(78)67-43(28-85)53(80)63-39(20-12-15-23-59)49(76)68-44(31(5)71)54(81)66-41(25-30(3)4)52(79)69-45(32(6)72)55(82)70-46(33(7)73)56(83)84/h8-9,16,18,27,29-33,36,38-46,61,71-73,85H,10-15,17,19-26,28,57-60H2,1-7H3,(H,62,74)(H,63,80)(H,64,75)(H,65,77)(H,66,81)(H,67,78)(H,68,76)(H,69,79)(H,70,82)(H,83,84)/t31-,32-,33-,36+,38+,39+,40+,41+,42+,43+,44+,45+,46+/m1/s1. The maximum absolute atomic E-state index is 14.6. The number of hydrogen-bond donors (Lipinski definition) is 19. The number of nitrogens with two attached hydrogens (primary N) is 4. The fraction of sp³-hybridized carbons (Fsp3) is 0.679. The van der Waals surface area contributed by atoms with E-state index in [9.17, 15) is 68.4 Å². The molecule has 1 heterocycles. The Kier molecular flexibility index (Phi) is 33.8. The summed E-state index contributed by atoms with van der Waals surface area (Å²) in [4.78, 5) is 140. The third-order valence-electron chi connectivity index (χ3n) is 13.9. The lowest BCUT2D eigenvalue weighted by Gasteiger charge is -2.29. The lowest BCUT2D eigenvalue weighted by Crippen LogP contribution is -2.63. The van der Waals surface area contributed by atoms with Crippen molar-refractivity contribution in [2.75, 3.05) is 25.4 Å². The van der Waals surface area contributed by atoms with E-state index in [1.807, 2.05) is 32.0 Å². The van der Waals surface area contributed by atoms with E-state index in [4.69, 9.17) is 22.9 Å². The number of aromatic amines is 1. The van der Waals surface area contributed by atoms with E-state index in [0.717, 1.165) is 24.8 Å². The smallest absolute Gasteiger partial charge is 0.328 e. The molecule has 2 aromatic rings. The maximum Gasteiger partial charge on any atom is 0.328 e. The van der Waals surface area contributed by atoms with Crippen LogP contribution in [0.4, 0.5) is 0 Å². The fourth-order valence-electron chi connectivity index (χ4n) is 9.07. The largest absolute Gasteiger partial charge is 0.480 e. The highest BCUT2D eigenvalue weighted by atomic mass is 32.1. The molecular weight excluding hydrogens is 1120 g/mol. The average Bonchev–Trinajstić information content (AvgIpc) is 3.87. The number of thiol groups is 1. The van der Waals surface area contributed by atoms with Crippen LogP contribution < -0.4 is 70.8 Å². The second-order valence-corrected chi connectivity index (χ2v) is 22.7. The monoisotopic (exact) mass is 1220 g/mol. The summed E-state index contributed by atoms with van der Waals surface area (Å²) in [7, 11) is 0. The Labute approximate surface area is 502 Å². The zero-order valence-electron chi connectivity index (χ0n) is 50.0. The number of rotatable bonds is 41. The Bertz CT molecular complexity index is 2480. The molecule has 13 atom stereocenters. The van der Waals surface area contributed by atoms with Gasteiger partial charge in [0.25, 0.3) is 0 Å². The molecule has 9 amide bonds. The summed E-state index contributed by atoms with van der Waals surface area (Å²) in [5, 5.41) is 64.2. The molecule has 0 fully saturated rings. The molecule has 0 saturated carbocycles. The predicted molar refractivity (Wildman–Crippen MR) is 322 cm³/mol. The number of carbonyl (C=O) groups is 10. The zero-order valence-corrected chi connectivity index (χ0v) is 50.9. The summed E-state index contributed by atoms with van der Waals surface area (Å²) in [5.74, 6) is -10.3. The Morgan fingerprint density at radius 2 is 0.835 bits per heavy atom. The van der Waals surface area contributed by atoms with Crippen molar-refractivity contribution in [3.8, 4) is 0 Å². The molecule has 0 spiro atoms. The van der Waals surface area contributed by atoms with E-state index in [1.165, 1.54) is 6.92 Å². The van der Waals surface area contributed by atoms with Gasteiger partial charge in [-0.3, -0.25) is 43.2 Å². The van der Waals surface area contributed by atoms with Crippen molar-refractivity contribution >= 4 is 82.7 Å². The van der Waals surface area contributed by atoms with Gasteiger partial charge in [0.2, 0.25) is 53.2 Å². The fourth-order valence-corrected chi connectivity index (χ4v) is 9.33. The molecule has 0 saturated heterocycles. The quantitative estimate of drug-likeness (QED) is 0.0234. The van der Waals surface area contributed by atoms with E-state index in [0.29, 0.717) is 57.2 Å². The summed E-state index contributed by atoms with van der Waals surface area (Å²) >= 11 is 4.36. The van der Waals surface area contributed by atoms with E-state index < -0.39 is 138 Å². The van der Waals surface area contributed by atoms with Gasteiger partial charge in [0.05, 0.1) is 24.4 Å². The number of aliphatic carboxylic acids is 1. The molecule has 1 aromatic heterocycles. The first-order valence-corrected chi connectivity index (χ1v) is 29.8. The number of aromatic nitrogens is 1. The van der Waals surface area contributed by atoms with Crippen molar-refractivity contribution in [2.45, 2.75) is 204 Å². The first kappa shape index (κ1) is 74.6. The summed E-state index contributed by atoms with van der Waals surface area (Å²) in [6.45, 7) is 11.5. The molecule has 0 radical (unpaired) electrons. The number of aliphatic hydroxyl groups is 3. The summed E-state index contributed by atoms with van der Waals surface area (Å²) < 4.78 is 0. The van der Waals surface area contributed by atoms with Crippen molar-refractivity contribution < 1.29 is 68.4 Å². The molecule has 0 bridgehead atoms. The van der Waals surface area contributed by atoms with Crippen LogP contribution in [0.5, 0.6) is 0 Å². The van der Waals surface area contributed by atoms with Crippen LogP contribution in [0, 0.1) is 11.8 Å². The number of fused-ring (bicyclic) bond motifs is 1. The molecule has 0 aliphatic heterocycles. The third-order valence-corrected chi connectivity index (χ3v) is 14.2. The number of carboxylic acids is 1. The van der Waals surface area contributed by atoms with Gasteiger partial charge in [-0.25, -0.2) is 4.79 Å². The van der Waals surface area contributed by atoms with Gasteiger partial charge in [-0.05, 0) is 128 Å². The van der Waals surface area contributed by atoms with Crippen LogP contribution in [0.3, 0.4) is 0 Å². The number of carbonyl (C=O) groups excluding carboxylic acids is 9. The Balaban J connectivity index is 2.47. The van der Waals surface area contributed by atoms with Crippen molar-refractivity contribution in [2.24, 2.45) is 34.8 Å². The third kappa shape index (κ3) is 26.0. The number of aliphatic hydroxyl groups excluding tert-OH is 3. The van der Waals surface area contributed by atoms with Gasteiger partial charge in [0.15, 0.2) is 6.04 Å². The highest BCUT2D eigenvalue weighted by Crippen LogP contribution is 2.20. The number of carboxylic acid groups (broad SMARTS) is 1. The highest BCUT2D eigenvalue weighted by molar-refractivity contribution is 7.80. The first-order chi connectivity index (χ1) is 40.1. The SMILES string of the molecule is CC(C)C[C@H](NC(=O)[C@H](CCCCN)NC(=O)[C@@H](N)CCCCN)C(=O)N[C@@H](Cc1c[nH]c2ccccc12)C(=O)N[C@@H](CS)C(=O)N[C@@H](CCCCN)C(=O)N[C@H](C(=O)N[C@@H](CC(C)C)C(=O)N[C@H](C(=O)N[C@H](C(=O)O)[C@@H](C)O)[C@@H](C)O)[C@@H](C)O. The average molecular weight is 1220 g/mol. The van der Waals surface area contributed by atoms with Crippen LogP contribution in [0.1, 0.15) is 125 Å². The number of amides is 9. The Hall–Kier alpha value is -6.47. The lowest BCUT2D eigenvalue weighted by molar-refractivity contribution is -0.146. The van der Waals surface area contributed by atoms with Gasteiger partial charge < -0.3 is 96.2 Å². The molecule has 85 heavy (non-hydrogen) atoms. The maximum atomic E-state index is 14.6. The number of para-hydroxylation sites is 1. The lowest BCUT2D eigenvalue weighted by atomic mass is 9.99. The predicted octanol–water partition coefficient (Wildman–Crippen LogP) is -2.96. The van der Waals surface area contributed by atoms with Gasteiger partial charge in [0.1, 0.15) is 48.3 Å². The van der Waals surface area contributed by atoms with Gasteiger partial charge in [-0.2, -0.15) is 12.6 Å². The molecule has 22 N–H and O–H groups in total. The second kappa shape index (κ2) is 38.6. The number of hydrogen-bond acceptors (Lipinski definition) is 18. The summed E-state index contributed by atoms with van der Waals surface area (Å²) in [6, 6.07) is -7.07. The minimum Gasteiger partial charge on any atom is -0.480 e. The molecule has 480 valence electrons. The van der Waals surface area contributed by atoms with Gasteiger partial charge in [-0.1, -0.05) is 52.3 Å². The molecule has 28 nitrogen and oxygen atoms in total. The van der Waals surface area contributed by atoms with Gasteiger partial charge in [0, 0.05) is 29.3 Å². The highest BCUT2D eigenvalue weighted by Gasteiger charge is 2.38. The number of unbranched alkanes of at least 4 members (excludes halogenated alkanes) is 3. The van der Waals surface area contributed by atoms with Crippen LogP contribution in [0.2, 0.25) is 0 Å². The van der Waals surface area contributed by atoms with Crippen molar-refractivity contribution in [3.63, 3.8) is 0 Å². The summed E-state index contributed by atoms with van der Waals surface area (Å²) in [5.41, 5.74) is 24.6. The van der Waals surface area contributed by atoms with Crippen LogP contribution in [0.25, 0.3) is 10.9 Å². The molecule has 29 heteroatoms. The van der Waals surface area contributed by atoms with Crippen molar-refractivity contribution in [3.05, 3.63) is 36.0 Å². The second-order valence-electron chi connectivity index (χ2n) is 22.4. The number of nitrogens with one attached hydrogen (secondary N) is 10. The van der Waals surface area contributed by atoms with E-state index in [2.05, 4.69) is 65.5 Å². The molecule has 0 aliphatic rings. The zero-order chi connectivity index (χ0) is 64.1. The topological polar surface area (TPSA) is 480 Å². The van der Waals surface area contributed by atoms with Gasteiger partial charge in [-0.15, -0.1) is 0 Å². The number of benzene rings is 1. The van der Waals surface area contributed by atoms with Gasteiger partial charge >= 0.3 is 5.97 Å². The number of H-pyrrole nitrogens is 1.